The summed E-state index contributed by atoms with van der Waals surface area (Å²) in [7, 11) is 0. The summed E-state index contributed by atoms with van der Waals surface area (Å²) in [6, 6.07) is 21.8. The van der Waals surface area contributed by atoms with Crippen LogP contribution in [0.1, 0.15) is 30.5 Å². The zero-order valence-electron chi connectivity index (χ0n) is 18.7. The van der Waals surface area contributed by atoms with Gasteiger partial charge in [-0.25, -0.2) is 9.69 Å². The fourth-order valence-corrected chi connectivity index (χ4v) is 4.00. The van der Waals surface area contributed by atoms with E-state index in [0.29, 0.717) is 6.42 Å². The Kier molecular flexibility index (Phi) is 6.08. The van der Waals surface area contributed by atoms with E-state index in [1.54, 1.807) is 13.8 Å². The van der Waals surface area contributed by atoms with Gasteiger partial charge in [0.15, 0.2) is 0 Å². The molecule has 0 unspecified atom stereocenters. The van der Waals surface area contributed by atoms with E-state index in [1.807, 2.05) is 54.6 Å². The molecule has 4 rings (SSSR count). The van der Waals surface area contributed by atoms with Crippen molar-refractivity contribution in [3.05, 3.63) is 95.6 Å². The van der Waals surface area contributed by atoms with Crippen LogP contribution in [0.3, 0.4) is 0 Å². The van der Waals surface area contributed by atoms with E-state index in [1.165, 1.54) is 17.0 Å². The van der Waals surface area contributed by atoms with Crippen molar-refractivity contribution in [2.75, 3.05) is 4.90 Å². The predicted octanol–water partition coefficient (Wildman–Crippen LogP) is 5.92. The highest BCUT2D eigenvalue weighted by atomic mass is 19.4. The lowest BCUT2D eigenvalue weighted by Gasteiger charge is -2.28. The maximum atomic E-state index is 13.3. The second-order valence-electron chi connectivity index (χ2n) is 8.54. The van der Waals surface area contributed by atoms with Crippen LogP contribution in [0.15, 0.2) is 78.9 Å². The van der Waals surface area contributed by atoms with Gasteiger partial charge in [-0.2, -0.15) is 0 Å². The molecule has 0 bridgehead atoms. The number of amides is 3. The molecule has 0 N–H and O–H groups in total. The number of carbonyl (C=O) groups excluding carboxylic acids is 2. The van der Waals surface area contributed by atoms with Crippen molar-refractivity contribution in [3.8, 4) is 5.75 Å². The van der Waals surface area contributed by atoms with Crippen LogP contribution in [-0.2, 0) is 17.8 Å². The van der Waals surface area contributed by atoms with Crippen molar-refractivity contribution in [1.29, 1.82) is 0 Å². The molecule has 176 valence electrons. The fourth-order valence-electron chi connectivity index (χ4n) is 4.00. The number of halogens is 3. The fraction of sp³-hybridized carbons (Fsp3) is 0.231. The van der Waals surface area contributed by atoms with Crippen molar-refractivity contribution in [1.82, 2.24) is 4.90 Å². The number of benzene rings is 3. The molecule has 5 nitrogen and oxygen atoms in total. The quantitative estimate of drug-likeness (QED) is 0.422. The molecule has 1 aliphatic heterocycles. The highest BCUT2D eigenvalue weighted by Crippen LogP contribution is 2.35. The summed E-state index contributed by atoms with van der Waals surface area (Å²) >= 11 is 0. The minimum absolute atomic E-state index is 0.178. The Balaban J connectivity index is 1.59. The standard InChI is InChI=1S/C26H23F3N2O3/c1-25(2)23(32)31(21-12-14-22(15-13-21)34-26(27,28)29)24(33)30(25)17-20-11-7-6-10-19(20)16-18-8-4-3-5-9-18/h3-15H,16-17H2,1-2H3. The average molecular weight is 468 g/mol. The molecule has 1 saturated heterocycles. The lowest BCUT2D eigenvalue weighted by Crippen LogP contribution is -2.43. The highest BCUT2D eigenvalue weighted by Gasteiger charge is 2.51. The number of urea groups is 1. The third kappa shape index (κ3) is 4.76. The summed E-state index contributed by atoms with van der Waals surface area (Å²) in [6.07, 6.45) is -4.15. The topological polar surface area (TPSA) is 49.9 Å². The Hall–Kier alpha value is -3.81. The third-order valence-electron chi connectivity index (χ3n) is 5.84. The van der Waals surface area contributed by atoms with Crippen LogP contribution in [0.25, 0.3) is 0 Å². The molecule has 1 aliphatic rings. The summed E-state index contributed by atoms with van der Waals surface area (Å²) in [5, 5.41) is 0. The summed E-state index contributed by atoms with van der Waals surface area (Å²) in [4.78, 5) is 29.0. The average Bonchev–Trinajstić information content (AvgIpc) is 2.95. The largest absolute Gasteiger partial charge is 0.573 e. The normalized spacial score (nSPS) is 15.7. The number of anilines is 1. The van der Waals surface area contributed by atoms with E-state index in [4.69, 9.17) is 0 Å². The summed E-state index contributed by atoms with van der Waals surface area (Å²) in [6.45, 7) is 3.54. The van der Waals surface area contributed by atoms with Crippen LogP contribution in [0.5, 0.6) is 5.75 Å². The van der Waals surface area contributed by atoms with Gasteiger partial charge >= 0.3 is 12.4 Å². The maximum absolute atomic E-state index is 13.3. The third-order valence-corrected chi connectivity index (χ3v) is 5.84. The minimum Gasteiger partial charge on any atom is -0.406 e. The van der Waals surface area contributed by atoms with Crippen molar-refractivity contribution < 1.29 is 27.5 Å². The van der Waals surface area contributed by atoms with Crippen molar-refractivity contribution >= 4 is 17.6 Å². The number of nitrogens with zero attached hydrogens (tertiary/aromatic N) is 2. The molecule has 0 aliphatic carbocycles. The van der Waals surface area contributed by atoms with Gasteiger partial charge in [-0.1, -0.05) is 54.6 Å². The molecule has 0 radical (unpaired) electrons. The van der Waals surface area contributed by atoms with E-state index in [0.717, 1.165) is 33.7 Å². The van der Waals surface area contributed by atoms with E-state index >= 15 is 0 Å². The first-order valence-electron chi connectivity index (χ1n) is 10.7. The summed E-state index contributed by atoms with van der Waals surface area (Å²) in [5.41, 5.74) is 2.12. The first-order chi connectivity index (χ1) is 16.1. The molecular weight excluding hydrogens is 445 g/mol. The molecule has 1 heterocycles. The van der Waals surface area contributed by atoms with Crippen molar-refractivity contribution in [2.24, 2.45) is 0 Å². The second kappa shape index (κ2) is 8.85. The molecule has 0 atom stereocenters. The van der Waals surface area contributed by atoms with Gasteiger partial charge < -0.3 is 9.64 Å². The van der Waals surface area contributed by atoms with Gasteiger partial charge in [-0.15, -0.1) is 13.2 Å². The molecule has 0 saturated carbocycles. The van der Waals surface area contributed by atoms with Gasteiger partial charge in [-0.3, -0.25) is 4.79 Å². The molecule has 34 heavy (non-hydrogen) atoms. The van der Waals surface area contributed by atoms with Crippen LogP contribution < -0.4 is 9.64 Å². The van der Waals surface area contributed by atoms with Crippen LogP contribution in [-0.4, -0.2) is 28.7 Å². The van der Waals surface area contributed by atoms with E-state index in [9.17, 15) is 22.8 Å². The number of hydrogen-bond acceptors (Lipinski definition) is 3. The zero-order valence-corrected chi connectivity index (χ0v) is 18.7. The molecular formula is C26H23F3N2O3. The van der Waals surface area contributed by atoms with Gasteiger partial charge in [0.25, 0.3) is 5.91 Å². The molecule has 1 fully saturated rings. The number of alkyl halides is 3. The van der Waals surface area contributed by atoms with Gasteiger partial charge in [0, 0.05) is 6.54 Å². The van der Waals surface area contributed by atoms with E-state index in [-0.39, 0.29) is 12.2 Å². The second-order valence-corrected chi connectivity index (χ2v) is 8.54. The molecule has 8 heteroatoms. The van der Waals surface area contributed by atoms with Gasteiger partial charge in [0.05, 0.1) is 5.69 Å². The maximum Gasteiger partial charge on any atom is 0.573 e. The molecule has 3 aromatic rings. The first-order valence-corrected chi connectivity index (χ1v) is 10.7. The van der Waals surface area contributed by atoms with Crippen LogP contribution in [0.4, 0.5) is 23.7 Å². The van der Waals surface area contributed by atoms with Crippen LogP contribution in [0.2, 0.25) is 0 Å². The minimum atomic E-state index is -4.83. The number of rotatable bonds is 6. The monoisotopic (exact) mass is 468 g/mol. The van der Waals surface area contributed by atoms with Gasteiger partial charge in [0.2, 0.25) is 0 Å². The smallest absolute Gasteiger partial charge is 0.406 e. The number of imide groups is 1. The van der Waals surface area contributed by atoms with Gasteiger partial charge in [0.1, 0.15) is 11.3 Å². The zero-order chi connectivity index (χ0) is 24.5. The Morgan fingerprint density at radius 1 is 0.824 bits per heavy atom. The Morgan fingerprint density at radius 2 is 1.41 bits per heavy atom. The van der Waals surface area contributed by atoms with E-state index < -0.39 is 29.6 Å². The van der Waals surface area contributed by atoms with Crippen LogP contribution >= 0.6 is 0 Å². The van der Waals surface area contributed by atoms with Gasteiger partial charge in [-0.05, 0) is 61.2 Å². The Labute approximate surface area is 195 Å². The lowest BCUT2D eigenvalue weighted by molar-refractivity contribution is -0.274. The number of carbonyl (C=O) groups is 2. The summed E-state index contributed by atoms with van der Waals surface area (Å²) in [5.74, 6) is -0.885. The Morgan fingerprint density at radius 3 is 2.03 bits per heavy atom. The highest BCUT2D eigenvalue weighted by molar-refractivity contribution is 6.22. The Bertz CT molecular complexity index is 1190. The molecule has 0 spiro atoms. The number of ether oxygens (including phenoxy) is 1. The SMILES string of the molecule is CC1(C)C(=O)N(c2ccc(OC(F)(F)F)cc2)C(=O)N1Cc1ccccc1Cc1ccccc1. The van der Waals surface area contributed by atoms with E-state index in [2.05, 4.69) is 4.74 Å². The predicted molar refractivity (Wildman–Crippen MR) is 121 cm³/mol. The first kappa shape index (κ1) is 23.4. The number of hydrogen-bond donors (Lipinski definition) is 0. The van der Waals surface area contributed by atoms with Crippen LogP contribution in [0, 0.1) is 0 Å². The molecule has 3 amide bonds. The molecule has 0 aromatic heterocycles. The summed E-state index contributed by atoms with van der Waals surface area (Å²) < 4.78 is 41.2. The molecule has 3 aromatic carbocycles. The lowest BCUT2D eigenvalue weighted by atomic mass is 9.97. The van der Waals surface area contributed by atoms with Crippen molar-refractivity contribution in [2.45, 2.75) is 38.7 Å². The van der Waals surface area contributed by atoms with Crippen molar-refractivity contribution in [3.63, 3.8) is 0 Å².